The fraction of sp³-hybridized carbons (Fsp3) is 0.111. The average Bonchev–Trinajstić information content (AvgIpc) is 3.32. The molecule has 34 heavy (non-hydrogen) atoms. The molecule has 0 saturated carbocycles. The maximum Gasteiger partial charge on any atom is 0.331 e. The summed E-state index contributed by atoms with van der Waals surface area (Å²) in [5, 5.41) is 18.2. The molecule has 1 aliphatic rings. The number of aryl methyl sites for hydroxylation is 2. The van der Waals surface area contributed by atoms with Crippen LogP contribution < -0.4 is 14.6 Å². The van der Waals surface area contributed by atoms with Gasteiger partial charge >= 0.3 is 5.91 Å². The van der Waals surface area contributed by atoms with Crippen LogP contribution in [0.3, 0.4) is 0 Å². The normalized spacial score (nSPS) is 13.8. The number of amides is 2. The van der Waals surface area contributed by atoms with Gasteiger partial charge in [-0.2, -0.15) is 9.67 Å². The van der Waals surface area contributed by atoms with E-state index < -0.39 is 17.7 Å². The summed E-state index contributed by atoms with van der Waals surface area (Å²) in [5.74, 6) is -1.47. The first-order chi connectivity index (χ1) is 16.5. The molecule has 2 aromatic carbocycles. The van der Waals surface area contributed by atoms with Gasteiger partial charge in [-0.15, -0.1) is 0 Å². The Morgan fingerprint density at radius 1 is 0.853 bits per heavy atom. The Balaban J connectivity index is 1.77. The van der Waals surface area contributed by atoms with E-state index in [0.29, 0.717) is 23.5 Å². The summed E-state index contributed by atoms with van der Waals surface area (Å²) in [4.78, 5) is 28.6. The SMILES string of the molecule is CCc1nn(-c2ccccc2)c([O-])c1C1=C([n+]2ccc(C)cc2)C(=O)N(c2ccccc2)C1=O. The van der Waals surface area contributed by atoms with Crippen LogP contribution in [0.4, 0.5) is 5.69 Å². The van der Waals surface area contributed by atoms with Gasteiger partial charge < -0.3 is 5.11 Å². The maximum atomic E-state index is 13.8. The van der Waals surface area contributed by atoms with Crippen molar-refractivity contribution in [3.63, 3.8) is 0 Å². The van der Waals surface area contributed by atoms with E-state index in [0.717, 1.165) is 10.5 Å². The van der Waals surface area contributed by atoms with Crippen LogP contribution in [0.5, 0.6) is 5.88 Å². The number of carbonyl (C=O) groups is 2. The van der Waals surface area contributed by atoms with Gasteiger partial charge in [-0.3, -0.25) is 9.59 Å². The molecule has 7 heteroatoms. The molecule has 2 amide bonds. The number of para-hydroxylation sites is 2. The van der Waals surface area contributed by atoms with Gasteiger partial charge in [-0.05, 0) is 49.1 Å². The first-order valence-corrected chi connectivity index (χ1v) is 11.0. The molecule has 0 atom stereocenters. The smallest absolute Gasteiger partial charge is 0.331 e. The van der Waals surface area contributed by atoms with Crippen LogP contribution in [0.1, 0.15) is 23.7 Å². The third kappa shape index (κ3) is 3.38. The highest BCUT2D eigenvalue weighted by molar-refractivity contribution is 6.53. The predicted octanol–water partition coefficient (Wildman–Crippen LogP) is 3.05. The van der Waals surface area contributed by atoms with Crippen LogP contribution in [0.15, 0.2) is 85.2 Å². The van der Waals surface area contributed by atoms with Gasteiger partial charge in [0.2, 0.25) is 0 Å². The highest BCUT2D eigenvalue weighted by Gasteiger charge is 2.47. The Hall–Kier alpha value is -4.52. The van der Waals surface area contributed by atoms with Crippen LogP contribution >= 0.6 is 0 Å². The summed E-state index contributed by atoms with van der Waals surface area (Å²) in [5.41, 5.74) is 2.86. The third-order valence-corrected chi connectivity index (χ3v) is 5.83. The molecule has 0 N–H and O–H groups in total. The molecule has 0 unspecified atom stereocenters. The van der Waals surface area contributed by atoms with Gasteiger partial charge in [0.1, 0.15) is 5.57 Å². The van der Waals surface area contributed by atoms with Crippen molar-refractivity contribution in [2.75, 3.05) is 4.90 Å². The van der Waals surface area contributed by atoms with Crippen molar-refractivity contribution >= 4 is 28.8 Å². The van der Waals surface area contributed by atoms with Crippen molar-refractivity contribution in [1.82, 2.24) is 9.78 Å². The number of hydrogen-bond acceptors (Lipinski definition) is 4. The molecule has 0 fully saturated rings. The fourth-order valence-corrected chi connectivity index (χ4v) is 4.13. The lowest BCUT2D eigenvalue weighted by Gasteiger charge is -2.15. The average molecular weight is 450 g/mol. The van der Waals surface area contributed by atoms with Gasteiger partial charge in [0.15, 0.2) is 12.4 Å². The predicted molar refractivity (Wildman–Crippen MR) is 126 cm³/mol. The van der Waals surface area contributed by atoms with Crippen LogP contribution in [0, 0.1) is 6.92 Å². The molecule has 3 heterocycles. The van der Waals surface area contributed by atoms with Crippen molar-refractivity contribution in [1.29, 1.82) is 0 Å². The Bertz CT molecular complexity index is 1420. The standard InChI is InChI=1S/C27H22N4O3/c1-3-21-22(26(33)31(28-21)20-12-8-5-9-13-20)23-24(29-16-14-18(2)15-17-29)27(34)30(25(23)32)19-10-6-4-7-11-19/h4-17H,3H2,1-2H3. The lowest BCUT2D eigenvalue weighted by molar-refractivity contribution is -0.576. The van der Waals surface area contributed by atoms with E-state index in [2.05, 4.69) is 5.10 Å². The van der Waals surface area contributed by atoms with E-state index in [9.17, 15) is 14.7 Å². The van der Waals surface area contributed by atoms with Gasteiger partial charge in [0.05, 0.1) is 17.1 Å². The molecule has 2 aromatic heterocycles. The molecule has 0 saturated heterocycles. The molecule has 0 radical (unpaired) electrons. The number of aromatic nitrogens is 3. The highest BCUT2D eigenvalue weighted by Crippen LogP contribution is 2.38. The zero-order valence-electron chi connectivity index (χ0n) is 18.8. The topological polar surface area (TPSA) is 82.1 Å². The zero-order chi connectivity index (χ0) is 23.8. The summed E-state index contributed by atoms with van der Waals surface area (Å²) in [6.07, 6.45) is 3.87. The number of imide groups is 1. The maximum absolute atomic E-state index is 13.8. The summed E-state index contributed by atoms with van der Waals surface area (Å²) in [7, 11) is 0. The fourth-order valence-electron chi connectivity index (χ4n) is 4.13. The largest absolute Gasteiger partial charge is 0.858 e. The van der Waals surface area contributed by atoms with Crippen LogP contribution in [-0.4, -0.2) is 21.6 Å². The van der Waals surface area contributed by atoms with Crippen molar-refractivity contribution in [3.05, 3.63) is 102 Å². The van der Waals surface area contributed by atoms with Crippen molar-refractivity contribution in [2.24, 2.45) is 0 Å². The summed E-state index contributed by atoms with van der Waals surface area (Å²) in [6, 6.07) is 21.5. The number of pyridine rings is 1. The molecule has 168 valence electrons. The molecular formula is C27H22N4O3. The second-order valence-corrected chi connectivity index (χ2v) is 8.02. The minimum absolute atomic E-state index is 0.0618. The number of rotatable bonds is 5. The van der Waals surface area contributed by atoms with Gasteiger partial charge in [0.25, 0.3) is 11.6 Å². The van der Waals surface area contributed by atoms with Crippen molar-refractivity contribution in [2.45, 2.75) is 20.3 Å². The first kappa shape index (κ1) is 21.3. The van der Waals surface area contributed by atoms with Crippen LogP contribution in [0.2, 0.25) is 0 Å². The number of benzene rings is 2. The minimum Gasteiger partial charge on any atom is -0.858 e. The number of carbonyl (C=O) groups excluding carboxylic acids is 2. The molecule has 7 nitrogen and oxygen atoms in total. The van der Waals surface area contributed by atoms with E-state index in [4.69, 9.17) is 0 Å². The van der Waals surface area contributed by atoms with E-state index in [-0.39, 0.29) is 16.8 Å². The Morgan fingerprint density at radius 2 is 1.44 bits per heavy atom. The first-order valence-electron chi connectivity index (χ1n) is 11.0. The monoisotopic (exact) mass is 450 g/mol. The lowest BCUT2D eigenvalue weighted by atomic mass is 10.0. The number of anilines is 1. The Kier molecular flexibility index (Phi) is 5.30. The molecule has 5 rings (SSSR count). The molecule has 0 spiro atoms. The van der Waals surface area contributed by atoms with E-state index in [1.54, 1.807) is 53.4 Å². The Morgan fingerprint density at radius 3 is 2.03 bits per heavy atom. The lowest BCUT2D eigenvalue weighted by Crippen LogP contribution is -2.39. The third-order valence-electron chi connectivity index (χ3n) is 5.83. The van der Waals surface area contributed by atoms with E-state index in [1.165, 1.54) is 4.68 Å². The molecular weight excluding hydrogens is 428 g/mol. The Labute approximate surface area is 196 Å². The zero-order valence-corrected chi connectivity index (χ0v) is 18.8. The van der Waals surface area contributed by atoms with Crippen LogP contribution in [0.25, 0.3) is 17.0 Å². The molecule has 0 bridgehead atoms. The van der Waals surface area contributed by atoms with E-state index in [1.807, 2.05) is 50.2 Å². The summed E-state index contributed by atoms with van der Waals surface area (Å²) in [6.45, 7) is 3.81. The summed E-state index contributed by atoms with van der Waals surface area (Å²) >= 11 is 0. The number of hydrogen-bond donors (Lipinski definition) is 0. The number of nitrogens with zero attached hydrogens (tertiary/aromatic N) is 4. The quantitative estimate of drug-likeness (QED) is 0.346. The van der Waals surface area contributed by atoms with Gasteiger partial charge in [-0.1, -0.05) is 43.3 Å². The van der Waals surface area contributed by atoms with Crippen molar-refractivity contribution < 1.29 is 19.3 Å². The molecule has 1 aliphatic heterocycles. The van der Waals surface area contributed by atoms with Crippen molar-refractivity contribution in [3.8, 4) is 11.6 Å². The summed E-state index contributed by atoms with van der Waals surface area (Å²) < 4.78 is 2.89. The second-order valence-electron chi connectivity index (χ2n) is 8.02. The minimum atomic E-state index is -0.543. The highest BCUT2D eigenvalue weighted by atomic mass is 16.3. The second kappa shape index (κ2) is 8.44. The van der Waals surface area contributed by atoms with E-state index >= 15 is 0 Å². The molecule has 4 aromatic rings. The van der Waals surface area contributed by atoms with Gasteiger partial charge in [-0.25, -0.2) is 9.58 Å². The van der Waals surface area contributed by atoms with Crippen LogP contribution in [-0.2, 0) is 16.0 Å². The van der Waals surface area contributed by atoms with Gasteiger partial charge in [0, 0.05) is 17.7 Å². The molecule has 0 aliphatic carbocycles.